The molecule has 7 heteroatoms. The molecule has 108 valence electrons. The van der Waals surface area contributed by atoms with Crippen LogP contribution in [0.2, 0.25) is 0 Å². The summed E-state index contributed by atoms with van der Waals surface area (Å²) in [5.74, 6) is -0.403. The van der Waals surface area contributed by atoms with E-state index >= 15 is 0 Å². The topological polar surface area (TPSA) is 77.8 Å². The van der Waals surface area contributed by atoms with Gasteiger partial charge in [0.1, 0.15) is 0 Å². The van der Waals surface area contributed by atoms with Crippen molar-refractivity contribution >= 4 is 22.5 Å². The number of nitrogens with one attached hydrogen (secondary N) is 1. The zero-order chi connectivity index (χ0) is 14.0. The first kappa shape index (κ1) is 16.1. The Morgan fingerprint density at radius 1 is 1.30 bits per heavy atom. The Morgan fingerprint density at radius 2 is 1.95 bits per heavy atom. The number of rotatable bonds is 3. The molecule has 0 aliphatic heterocycles. The lowest BCUT2D eigenvalue weighted by Gasteiger charge is -2.20. The lowest BCUT2D eigenvalue weighted by Crippen LogP contribution is -3.00. The number of aromatic amines is 1. The van der Waals surface area contributed by atoms with Gasteiger partial charge in [0.2, 0.25) is 5.88 Å². The van der Waals surface area contributed by atoms with E-state index in [0.717, 1.165) is 10.9 Å². The van der Waals surface area contributed by atoms with Gasteiger partial charge in [-0.15, -0.1) is 10.2 Å². The van der Waals surface area contributed by atoms with Crippen LogP contribution in [0, 0.1) is 0 Å². The zero-order valence-electron chi connectivity index (χ0n) is 11.6. The van der Waals surface area contributed by atoms with Gasteiger partial charge < -0.3 is 27.0 Å². The van der Waals surface area contributed by atoms with Crippen LogP contribution in [-0.2, 0) is 4.79 Å². The van der Waals surface area contributed by atoms with Gasteiger partial charge in [-0.1, -0.05) is 18.2 Å². The molecule has 2 rings (SSSR count). The van der Waals surface area contributed by atoms with Crippen LogP contribution in [-0.4, -0.2) is 48.2 Å². The Morgan fingerprint density at radius 3 is 2.60 bits per heavy atom. The molecule has 2 N–H and O–H groups in total. The second-order valence-corrected chi connectivity index (χ2v) is 5.41. The number of halogens is 1. The Labute approximate surface area is 123 Å². The van der Waals surface area contributed by atoms with Gasteiger partial charge in [0, 0.05) is 5.39 Å². The molecular formula is C13H17ClN4O2. The average molecular weight is 297 g/mol. The van der Waals surface area contributed by atoms with Crippen LogP contribution in [0.15, 0.2) is 34.5 Å². The minimum Gasteiger partial charge on any atom is -1.00 e. The van der Waals surface area contributed by atoms with E-state index < -0.39 is 0 Å². The Hall–Kier alpha value is -1.92. The molecule has 1 aromatic heterocycles. The van der Waals surface area contributed by atoms with Crippen molar-refractivity contribution < 1.29 is 26.8 Å². The number of hydrogen-bond acceptors (Lipinski definition) is 3. The molecule has 0 unspecified atom stereocenters. The summed E-state index contributed by atoms with van der Waals surface area (Å²) in [6, 6.07) is 7.32. The summed E-state index contributed by atoms with van der Waals surface area (Å²) < 4.78 is 0.484. The third kappa shape index (κ3) is 3.79. The van der Waals surface area contributed by atoms with E-state index in [1.54, 1.807) is 0 Å². The van der Waals surface area contributed by atoms with E-state index in [-0.39, 0.29) is 30.7 Å². The predicted molar refractivity (Wildman–Crippen MR) is 72.4 cm³/mol. The van der Waals surface area contributed by atoms with Crippen molar-refractivity contribution in [3.63, 3.8) is 0 Å². The van der Waals surface area contributed by atoms with Crippen molar-refractivity contribution in [3.05, 3.63) is 24.3 Å². The number of aromatic nitrogens is 1. The van der Waals surface area contributed by atoms with Crippen LogP contribution in [0.3, 0.4) is 0 Å². The Kier molecular flexibility index (Phi) is 4.86. The summed E-state index contributed by atoms with van der Waals surface area (Å²) in [6.07, 6.45) is 0. The highest BCUT2D eigenvalue weighted by Crippen LogP contribution is 2.35. The van der Waals surface area contributed by atoms with Gasteiger partial charge >= 0.3 is 5.91 Å². The van der Waals surface area contributed by atoms with E-state index in [1.807, 2.05) is 45.4 Å². The molecule has 6 nitrogen and oxygen atoms in total. The second-order valence-electron chi connectivity index (χ2n) is 5.41. The molecule has 0 aliphatic carbocycles. The largest absolute Gasteiger partial charge is 1.00 e. The number of H-pyrrole nitrogens is 1. The van der Waals surface area contributed by atoms with Crippen LogP contribution in [0.1, 0.15) is 0 Å². The summed E-state index contributed by atoms with van der Waals surface area (Å²) in [6.45, 7) is 0.257. The lowest BCUT2D eigenvalue weighted by atomic mass is 10.2. The number of carbonyl (C=O) groups is 1. The van der Waals surface area contributed by atoms with E-state index in [4.69, 9.17) is 0 Å². The molecule has 0 saturated carbocycles. The highest BCUT2D eigenvalue weighted by molar-refractivity contribution is 5.94. The van der Waals surface area contributed by atoms with Crippen LogP contribution >= 0.6 is 0 Å². The first-order chi connectivity index (χ1) is 8.87. The smallest absolute Gasteiger partial charge is 0.319 e. The second kappa shape index (κ2) is 6.02. The molecule has 0 saturated heterocycles. The van der Waals surface area contributed by atoms with Gasteiger partial charge in [0.25, 0.3) is 0 Å². The summed E-state index contributed by atoms with van der Waals surface area (Å²) in [5, 5.41) is 18.0. The number of fused-ring (bicyclic) bond motifs is 1. The van der Waals surface area contributed by atoms with E-state index in [0.29, 0.717) is 10.2 Å². The number of carbonyl (C=O) groups excluding carboxylic acids is 1. The number of nitrogens with zero attached hydrogens (tertiary/aromatic N) is 3. The fraction of sp³-hybridized carbons (Fsp3) is 0.308. The third-order valence-corrected chi connectivity index (χ3v) is 2.53. The van der Waals surface area contributed by atoms with Crippen LogP contribution in [0.4, 0.5) is 5.69 Å². The SMILES string of the molecule is C[N+](C)(C)CC(=O)N=Nc1c(O)[nH]c2ccccc12.[Cl-]. The van der Waals surface area contributed by atoms with Gasteiger partial charge in [0.15, 0.2) is 12.2 Å². The monoisotopic (exact) mass is 296 g/mol. The highest BCUT2D eigenvalue weighted by Gasteiger charge is 2.15. The molecular weight excluding hydrogens is 280 g/mol. The third-order valence-electron chi connectivity index (χ3n) is 2.53. The van der Waals surface area contributed by atoms with Crippen LogP contribution in [0.5, 0.6) is 5.88 Å². The van der Waals surface area contributed by atoms with Crippen molar-refractivity contribution in [2.24, 2.45) is 10.2 Å². The van der Waals surface area contributed by atoms with Crippen molar-refractivity contribution in [2.45, 2.75) is 0 Å². The molecule has 2 aromatic rings. The van der Waals surface area contributed by atoms with Crippen molar-refractivity contribution in [3.8, 4) is 5.88 Å². The number of quaternary nitrogens is 1. The number of aromatic hydroxyl groups is 1. The van der Waals surface area contributed by atoms with Crippen LogP contribution < -0.4 is 12.4 Å². The predicted octanol–water partition coefficient (Wildman–Crippen LogP) is -0.806. The first-order valence-corrected chi connectivity index (χ1v) is 5.91. The van der Waals surface area contributed by atoms with Gasteiger partial charge in [0.05, 0.1) is 26.7 Å². The standard InChI is InChI=1S/C13H16N4O2.ClH/c1-17(2,3)8-11(18)15-16-12-9-6-4-5-7-10(9)14-13(12)19;/h4-7H,8H2,1-3H3,(H-,14,15,16,18,19);1H. The lowest BCUT2D eigenvalue weighted by molar-refractivity contribution is -0.862. The quantitative estimate of drug-likeness (QED) is 0.574. The number of benzene rings is 1. The van der Waals surface area contributed by atoms with Gasteiger partial charge in [-0.2, -0.15) is 0 Å². The summed E-state index contributed by atoms with van der Waals surface area (Å²) >= 11 is 0. The average Bonchev–Trinajstić information content (AvgIpc) is 2.60. The summed E-state index contributed by atoms with van der Waals surface area (Å²) in [5.41, 5.74) is 1.05. The molecule has 0 radical (unpaired) electrons. The molecule has 0 bridgehead atoms. The molecule has 20 heavy (non-hydrogen) atoms. The molecule has 1 heterocycles. The minimum absolute atomic E-state index is 0. The maximum atomic E-state index is 11.6. The normalized spacial score (nSPS) is 11.8. The Bertz CT molecular complexity index is 643. The molecule has 0 atom stereocenters. The van der Waals surface area contributed by atoms with Gasteiger partial charge in [-0.05, 0) is 6.07 Å². The molecule has 0 aliphatic rings. The van der Waals surface area contributed by atoms with Gasteiger partial charge in [-0.3, -0.25) is 4.79 Å². The maximum absolute atomic E-state index is 11.6. The number of hydrogen-bond donors (Lipinski definition) is 2. The number of likely N-dealkylation sites (N-methyl/N-ethyl adjacent to an activating group) is 1. The van der Waals surface area contributed by atoms with Crippen LogP contribution in [0.25, 0.3) is 10.9 Å². The highest BCUT2D eigenvalue weighted by atomic mass is 35.5. The van der Waals surface area contributed by atoms with Crippen molar-refractivity contribution in [1.29, 1.82) is 0 Å². The number of azo groups is 1. The summed E-state index contributed by atoms with van der Waals surface area (Å²) in [4.78, 5) is 14.4. The number of para-hydroxylation sites is 1. The van der Waals surface area contributed by atoms with Crippen molar-refractivity contribution in [2.75, 3.05) is 27.7 Å². The fourth-order valence-electron chi connectivity index (χ4n) is 1.76. The minimum atomic E-state index is -0.322. The van der Waals surface area contributed by atoms with E-state index in [1.165, 1.54) is 0 Å². The van der Waals surface area contributed by atoms with Crippen molar-refractivity contribution in [1.82, 2.24) is 4.98 Å². The molecule has 1 aromatic carbocycles. The number of amides is 1. The molecule has 0 spiro atoms. The van der Waals surface area contributed by atoms with E-state index in [2.05, 4.69) is 15.2 Å². The first-order valence-electron chi connectivity index (χ1n) is 5.91. The summed E-state index contributed by atoms with van der Waals surface area (Å²) in [7, 11) is 5.70. The van der Waals surface area contributed by atoms with E-state index in [9.17, 15) is 9.90 Å². The maximum Gasteiger partial charge on any atom is 0.319 e. The fourth-order valence-corrected chi connectivity index (χ4v) is 1.76. The zero-order valence-corrected chi connectivity index (χ0v) is 12.3. The molecule has 1 amide bonds. The molecule has 0 fully saturated rings. The Balaban J connectivity index is 0.00000200. The van der Waals surface area contributed by atoms with Gasteiger partial charge in [-0.25, -0.2) is 0 Å².